The summed E-state index contributed by atoms with van der Waals surface area (Å²) in [4.78, 5) is 0. The number of ether oxygens (including phenoxy) is 2. The van der Waals surface area contributed by atoms with Gasteiger partial charge in [0.25, 0.3) is 0 Å². The summed E-state index contributed by atoms with van der Waals surface area (Å²) in [5.74, 6) is 1.49. The predicted octanol–water partition coefficient (Wildman–Crippen LogP) is 4.35. The Morgan fingerprint density at radius 3 is 2.48 bits per heavy atom. The number of hydrogen-bond acceptors (Lipinski definition) is 5. The van der Waals surface area contributed by atoms with Crippen LogP contribution >= 0.6 is 0 Å². The second-order valence-corrected chi connectivity index (χ2v) is 5.55. The highest BCUT2D eigenvalue weighted by atomic mass is 16.5. The second kappa shape index (κ2) is 6.91. The number of furan rings is 1. The van der Waals surface area contributed by atoms with Gasteiger partial charge in [0.1, 0.15) is 5.76 Å². The van der Waals surface area contributed by atoms with E-state index in [1.54, 1.807) is 19.2 Å². The number of aliphatic hydroxyl groups is 1. The SMILES string of the molecule is CC=Cc1cc(OC)c2oc(-c3ccc(O)c(OC)c3)c(CO)c2c1. The number of fused-ring (bicyclic) bond motifs is 1. The molecular weight excluding hydrogens is 320 g/mol. The molecule has 0 atom stereocenters. The monoisotopic (exact) mass is 340 g/mol. The number of phenols is 1. The Morgan fingerprint density at radius 1 is 1.08 bits per heavy atom. The Morgan fingerprint density at radius 2 is 1.84 bits per heavy atom. The van der Waals surface area contributed by atoms with Crippen LogP contribution in [0.1, 0.15) is 18.1 Å². The Balaban J connectivity index is 2.29. The lowest BCUT2D eigenvalue weighted by atomic mass is 10.0. The molecule has 0 aliphatic carbocycles. The Labute approximate surface area is 145 Å². The molecule has 0 unspecified atom stereocenters. The summed E-state index contributed by atoms with van der Waals surface area (Å²) in [5.41, 5.74) is 2.89. The molecule has 0 spiro atoms. The lowest BCUT2D eigenvalue weighted by Gasteiger charge is -2.06. The lowest BCUT2D eigenvalue weighted by Crippen LogP contribution is -1.88. The molecule has 0 fully saturated rings. The molecule has 5 nitrogen and oxygen atoms in total. The first kappa shape index (κ1) is 16.9. The van der Waals surface area contributed by atoms with Gasteiger partial charge < -0.3 is 24.1 Å². The molecular formula is C20H20O5. The van der Waals surface area contributed by atoms with E-state index in [0.29, 0.717) is 34.0 Å². The molecule has 0 saturated heterocycles. The molecule has 0 amide bonds. The van der Waals surface area contributed by atoms with Crippen LogP contribution in [0, 0.1) is 0 Å². The average molecular weight is 340 g/mol. The summed E-state index contributed by atoms with van der Waals surface area (Å²) in [6.07, 6.45) is 3.89. The third-order valence-electron chi connectivity index (χ3n) is 4.06. The van der Waals surface area contributed by atoms with Crippen molar-refractivity contribution in [1.29, 1.82) is 0 Å². The van der Waals surface area contributed by atoms with Gasteiger partial charge >= 0.3 is 0 Å². The van der Waals surface area contributed by atoms with E-state index in [9.17, 15) is 10.2 Å². The standard InChI is InChI=1S/C20H20O5/c1-4-5-12-8-14-15(11-21)19(25-20(14)18(9-12)24-3)13-6-7-16(22)17(10-13)23-2/h4-10,21-22H,11H2,1-3H3. The summed E-state index contributed by atoms with van der Waals surface area (Å²) >= 11 is 0. The smallest absolute Gasteiger partial charge is 0.177 e. The van der Waals surface area contributed by atoms with E-state index in [2.05, 4.69) is 0 Å². The van der Waals surface area contributed by atoms with E-state index in [0.717, 1.165) is 10.9 Å². The lowest BCUT2D eigenvalue weighted by molar-refractivity contribution is 0.282. The van der Waals surface area contributed by atoms with Crippen LogP contribution < -0.4 is 9.47 Å². The van der Waals surface area contributed by atoms with Gasteiger partial charge in [-0.25, -0.2) is 0 Å². The van der Waals surface area contributed by atoms with E-state index in [1.807, 2.05) is 31.2 Å². The van der Waals surface area contributed by atoms with Crippen molar-refractivity contribution < 1.29 is 24.1 Å². The van der Waals surface area contributed by atoms with E-state index in [4.69, 9.17) is 13.9 Å². The minimum Gasteiger partial charge on any atom is -0.504 e. The number of rotatable bonds is 5. The van der Waals surface area contributed by atoms with Crippen molar-refractivity contribution in [3.8, 4) is 28.6 Å². The summed E-state index contributed by atoms with van der Waals surface area (Å²) in [6.45, 7) is 1.75. The molecule has 3 aromatic rings. The maximum absolute atomic E-state index is 9.93. The third kappa shape index (κ3) is 2.94. The molecule has 3 rings (SSSR count). The van der Waals surface area contributed by atoms with Gasteiger partial charge in [-0.05, 0) is 42.8 Å². The summed E-state index contributed by atoms with van der Waals surface area (Å²) in [7, 11) is 3.06. The predicted molar refractivity (Wildman–Crippen MR) is 97.0 cm³/mol. The molecule has 25 heavy (non-hydrogen) atoms. The first-order valence-corrected chi connectivity index (χ1v) is 7.87. The minimum atomic E-state index is -0.187. The second-order valence-electron chi connectivity index (χ2n) is 5.55. The first-order valence-electron chi connectivity index (χ1n) is 7.87. The van der Waals surface area contributed by atoms with Gasteiger partial charge in [0, 0.05) is 16.5 Å². The molecule has 130 valence electrons. The summed E-state index contributed by atoms with van der Waals surface area (Å²) < 4.78 is 16.6. The van der Waals surface area contributed by atoms with Crippen LogP contribution in [0.4, 0.5) is 0 Å². The van der Waals surface area contributed by atoms with Gasteiger partial charge in [0.15, 0.2) is 22.8 Å². The zero-order valence-corrected chi connectivity index (χ0v) is 14.4. The van der Waals surface area contributed by atoms with Crippen molar-refractivity contribution in [1.82, 2.24) is 0 Å². The van der Waals surface area contributed by atoms with Crippen LogP contribution in [0.2, 0.25) is 0 Å². The zero-order chi connectivity index (χ0) is 18.0. The normalized spacial score (nSPS) is 11.4. The van der Waals surface area contributed by atoms with Gasteiger partial charge in [0.2, 0.25) is 0 Å². The minimum absolute atomic E-state index is 0.0425. The van der Waals surface area contributed by atoms with Crippen LogP contribution in [-0.2, 0) is 6.61 Å². The number of phenolic OH excluding ortho intramolecular Hbond substituents is 1. The van der Waals surface area contributed by atoms with Gasteiger partial charge in [-0.3, -0.25) is 0 Å². The number of methoxy groups -OCH3 is 2. The molecule has 2 N–H and O–H groups in total. The van der Waals surface area contributed by atoms with Gasteiger partial charge in [-0.2, -0.15) is 0 Å². The summed E-state index contributed by atoms with van der Waals surface area (Å²) in [5, 5.41) is 20.5. The van der Waals surface area contributed by atoms with Crippen molar-refractivity contribution in [3.05, 3.63) is 47.5 Å². The van der Waals surface area contributed by atoms with Crippen molar-refractivity contribution in [2.45, 2.75) is 13.5 Å². The number of benzene rings is 2. The fourth-order valence-electron chi connectivity index (χ4n) is 2.89. The molecule has 0 bridgehead atoms. The molecule has 0 radical (unpaired) electrons. The Hall–Kier alpha value is -2.92. The molecule has 1 heterocycles. The molecule has 2 aromatic carbocycles. The fraction of sp³-hybridized carbons (Fsp3) is 0.200. The molecule has 1 aromatic heterocycles. The maximum Gasteiger partial charge on any atom is 0.177 e. The van der Waals surface area contributed by atoms with Crippen LogP contribution in [0.15, 0.2) is 40.8 Å². The van der Waals surface area contributed by atoms with Crippen LogP contribution in [-0.4, -0.2) is 24.4 Å². The number of aliphatic hydroxyl groups excluding tert-OH is 1. The molecule has 0 aliphatic heterocycles. The van der Waals surface area contributed by atoms with Gasteiger partial charge in [-0.15, -0.1) is 0 Å². The Kier molecular flexibility index (Phi) is 4.67. The highest BCUT2D eigenvalue weighted by molar-refractivity contribution is 5.93. The first-order chi connectivity index (χ1) is 12.1. The molecule has 0 aliphatic rings. The summed E-state index contributed by atoms with van der Waals surface area (Å²) in [6, 6.07) is 8.76. The van der Waals surface area contributed by atoms with Crippen molar-refractivity contribution >= 4 is 17.0 Å². The number of hydrogen-bond donors (Lipinski definition) is 2. The van der Waals surface area contributed by atoms with E-state index in [-0.39, 0.29) is 12.4 Å². The topological polar surface area (TPSA) is 72.1 Å². The Bertz CT molecular complexity index is 937. The number of aromatic hydroxyl groups is 1. The van der Waals surface area contributed by atoms with E-state index >= 15 is 0 Å². The van der Waals surface area contributed by atoms with Crippen molar-refractivity contribution in [3.63, 3.8) is 0 Å². The zero-order valence-electron chi connectivity index (χ0n) is 14.4. The average Bonchev–Trinajstić information content (AvgIpc) is 3.00. The van der Waals surface area contributed by atoms with Crippen LogP contribution in [0.5, 0.6) is 17.2 Å². The van der Waals surface area contributed by atoms with Gasteiger partial charge in [-0.1, -0.05) is 12.2 Å². The maximum atomic E-state index is 9.93. The van der Waals surface area contributed by atoms with E-state index < -0.39 is 0 Å². The number of allylic oxidation sites excluding steroid dienone is 1. The van der Waals surface area contributed by atoms with Gasteiger partial charge in [0.05, 0.1) is 20.8 Å². The quantitative estimate of drug-likeness (QED) is 0.722. The van der Waals surface area contributed by atoms with Crippen molar-refractivity contribution in [2.75, 3.05) is 14.2 Å². The van der Waals surface area contributed by atoms with Crippen LogP contribution in [0.25, 0.3) is 28.4 Å². The third-order valence-corrected chi connectivity index (χ3v) is 4.06. The van der Waals surface area contributed by atoms with E-state index in [1.165, 1.54) is 13.2 Å². The molecule has 0 saturated carbocycles. The van der Waals surface area contributed by atoms with Crippen LogP contribution in [0.3, 0.4) is 0 Å². The molecule has 5 heteroatoms. The largest absolute Gasteiger partial charge is 0.504 e. The van der Waals surface area contributed by atoms with Crippen molar-refractivity contribution in [2.24, 2.45) is 0 Å². The highest BCUT2D eigenvalue weighted by Gasteiger charge is 2.20. The highest BCUT2D eigenvalue weighted by Crippen LogP contribution is 2.41. The fourth-order valence-corrected chi connectivity index (χ4v) is 2.89.